The van der Waals surface area contributed by atoms with Crippen LogP contribution in [-0.4, -0.2) is 65.5 Å². The number of fused-ring (bicyclic) bond motifs is 4. The van der Waals surface area contributed by atoms with Gasteiger partial charge < -0.3 is 8.99 Å². The molecule has 2 aromatic carbocycles. The molecule has 1 unspecified atom stereocenters. The Labute approximate surface area is 349 Å². The number of benzene rings is 2. The SMILES string of the molecule is Cc1ccc2nc3c(cc2c1)Cn1c-3cc(C(Cc2ccccc2)O[Si](CCC(F)(F)C(F)(F)C(F)(F)C(F)(F)C(F)(F)C(F)(F)C(F)(F)C(F)(F)F)(C(C)C)C(C)C)c(C)c1=O. The normalized spacial score (nSPS) is 15.4. The summed E-state index contributed by atoms with van der Waals surface area (Å²) >= 11 is 0. The maximum absolute atomic E-state index is 15.5. The molecule has 0 N–H and O–H groups in total. The van der Waals surface area contributed by atoms with Gasteiger partial charge in [-0.1, -0.05) is 69.7 Å². The van der Waals surface area contributed by atoms with Gasteiger partial charge in [0.25, 0.3) is 5.56 Å². The van der Waals surface area contributed by atoms with Crippen LogP contribution in [0.3, 0.4) is 0 Å². The van der Waals surface area contributed by atoms with Crippen LogP contribution in [0.1, 0.15) is 68.0 Å². The Balaban J connectivity index is 1.58. The lowest BCUT2D eigenvalue weighted by Crippen LogP contribution is -2.74. The molecule has 0 saturated carbocycles. The first-order chi connectivity index (χ1) is 28.5. The second-order valence-electron chi connectivity index (χ2n) is 16.4. The van der Waals surface area contributed by atoms with E-state index in [1.54, 1.807) is 42.5 Å². The van der Waals surface area contributed by atoms with E-state index < -0.39 is 91.2 Å². The summed E-state index contributed by atoms with van der Waals surface area (Å²) in [5.41, 5.74) is 1.20. The lowest BCUT2D eigenvalue weighted by molar-refractivity contribution is -0.461. The van der Waals surface area contributed by atoms with Crippen molar-refractivity contribution in [2.45, 2.75) is 132 Å². The Morgan fingerprint density at radius 3 is 1.73 bits per heavy atom. The van der Waals surface area contributed by atoms with E-state index in [0.29, 0.717) is 28.0 Å². The molecule has 2 aromatic heterocycles. The first-order valence-corrected chi connectivity index (χ1v) is 21.4. The third kappa shape index (κ3) is 7.81. The largest absolute Gasteiger partial charge is 0.460 e. The zero-order valence-corrected chi connectivity index (χ0v) is 35.0. The number of alkyl halides is 17. The van der Waals surface area contributed by atoms with Gasteiger partial charge in [-0.05, 0) is 66.4 Å². The van der Waals surface area contributed by atoms with Crippen LogP contribution in [0.4, 0.5) is 74.6 Å². The third-order valence-electron chi connectivity index (χ3n) is 11.7. The summed E-state index contributed by atoms with van der Waals surface area (Å²) in [6.07, 6.45) is -11.9. The maximum atomic E-state index is 15.5. The summed E-state index contributed by atoms with van der Waals surface area (Å²) in [7, 11) is -4.30. The Hall–Kier alpha value is -4.21. The minimum Gasteiger partial charge on any atom is -0.409 e. The molecule has 0 aliphatic carbocycles. The molecule has 0 fully saturated rings. The standard InChI is InChI=1S/C41H39F17N2O2Si/c1-21(2)63(22(3)4,15-14-34(42,43)35(44,45)36(46,47)37(48,49)38(50,51)39(52,53)40(54,55)41(56,57)58)62-31(17-25-10-8-7-9-11-25)28-19-30-32-27(20-60(30)33(61)24(28)6)18-26-16-23(5)12-13-29(26)59-32/h7-13,16,18-19,21-22,31H,14-15,17,20H2,1-6H3. The molecule has 63 heavy (non-hydrogen) atoms. The van der Waals surface area contributed by atoms with Crippen molar-refractivity contribution < 1.29 is 79.1 Å². The van der Waals surface area contributed by atoms with E-state index >= 15 is 17.6 Å². The number of aromatic nitrogens is 2. The first-order valence-electron chi connectivity index (χ1n) is 19.1. The minimum atomic E-state index is -8.71. The fraction of sp³-hybridized carbons (Fsp3) is 0.512. The second-order valence-corrected chi connectivity index (χ2v) is 21.4. The van der Waals surface area contributed by atoms with Gasteiger partial charge in [0.05, 0.1) is 29.6 Å². The van der Waals surface area contributed by atoms with Crippen molar-refractivity contribution in [3.63, 3.8) is 0 Å². The van der Waals surface area contributed by atoms with Gasteiger partial charge in [0.1, 0.15) is 0 Å². The van der Waals surface area contributed by atoms with Crippen molar-refractivity contribution in [1.29, 1.82) is 0 Å². The molecular weight excluding hydrogens is 904 g/mol. The highest BCUT2D eigenvalue weighted by atomic mass is 28.4. The molecule has 1 aliphatic heterocycles. The van der Waals surface area contributed by atoms with Crippen LogP contribution < -0.4 is 5.56 Å². The van der Waals surface area contributed by atoms with E-state index in [4.69, 9.17) is 9.41 Å². The molecule has 22 heteroatoms. The molecule has 3 heterocycles. The Morgan fingerprint density at radius 1 is 0.683 bits per heavy atom. The highest BCUT2D eigenvalue weighted by Crippen LogP contribution is 2.64. The Bertz CT molecular complexity index is 2390. The van der Waals surface area contributed by atoms with Crippen molar-refractivity contribution in [3.8, 4) is 11.4 Å². The number of halogens is 17. The van der Waals surface area contributed by atoms with E-state index in [9.17, 15) is 61.9 Å². The van der Waals surface area contributed by atoms with Crippen LogP contribution in [0.2, 0.25) is 17.1 Å². The summed E-state index contributed by atoms with van der Waals surface area (Å²) < 4.78 is 249. The van der Waals surface area contributed by atoms with Crippen LogP contribution in [-0.2, 0) is 17.4 Å². The molecule has 0 amide bonds. The fourth-order valence-electron chi connectivity index (χ4n) is 7.90. The van der Waals surface area contributed by atoms with E-state index in [1.807, 2.05) is 25.1 Å². The topological polar surface area (TPSA) is 44.1 Å². The number of hydrogen-bond donors (Lipinski definition) is 0. The molecule has 0 saturated heterocycles. The lowest BCUT2D eigenvalue weighted by Gasteiger charge is -2.45. The summed E-state index contributed by atoms with van der Waals surface area (Å²) in [6.45, 7) is 8.87. The molecule has 5 rings (SSSR count). The molecule has 0 bridgehead atoms. The number of rotatable bonds is 16. The van der Waals surface area contributed by atoms with Gasteiger partial charge in [-0.15, -0.1) is 0 Å². The Morgan fingerprint density at radius 2 is 1.21 bits per heavy atom. The predicted octanol–water partition coefficient (Wildman–Crippen LogP) is 13.5. The maximum Gasteiger partial charge on any atom is 0.460 e. The van der Waals surface area contributed by atoms with Gasteiger partial charge in [-0.3, -0.25) is 4.79 Å². The van der Waals surface area contributed by atoms with Crippen molar-refractivity contribution in [1.82, 2.24) is 9.55 Å². The minimum absolute atomic E-state index is 0.0795. The Kier molecular flexibility index (Phi) is 12.7. The molecular formula is C41H39F17N2O2Si. The van der Waals surface area contributed by atoms with Crippen LogP contribution in [0.5, 0.6) is 0 Å². The first kappa shape index (κ1) is 49.8. The molecule has 0 radical (unpaired) electrons. The average molecular weight is 943 g/mol. The van der Waals surface area contributed by atoms with Crippen LogP contribution >= 0.6 is 0 Å². The van der Waals surface area contributed by atoms with Crippen LogP contribution in [0.25, 0.3) is 22.3 Å². The highest BCUT2D eigenvalue weighted by molar-refractivity contribution is 6.76. The molecule has 4 nitrogen and oxygen atoms in total. The van der Waals surface area contributed by atoms with Gasteiger partial charge in [-0.2, -0.15) is 74.6 Å². The smallest absolute Gasteiger partial charge is 0.409 e. The zero-order valence-electron chi connectivity index (χ0n) is 34.0. The van der Waals surface area contributed by atoms with E-state index in [1.165, 1.54) is 39.2 Å². The summed E-state index contributed by atoms with van der Waals surface area (Å²) in [4.78, 5) is 18.8. The van der Waals surface area contributed by atoms with Crippen LogP contribution in [0, 0.1) is 13.8 Å². The number of aryl methyl sites for hydroxylation is 1. The quantitative estimate of drug-likeness (QED) is 0.0731. The van der Waals surface area contributed by atoms with Crippen molar-refractivity contribution in [2.75, 3.05) is 0 Å². The zero-order chi connectivity index (χ0) is 47.9. The molecule has 4 aromatic rings. The molecule has 1 aliphatic rings. The van der Waals surface area contributed by atoms with Gasteiger partial charge in [0.2, 0.25) is 0 Å². The van der Waals surface area contributed by atoms with Gasteiger partial charge in [-0.25, -0.2) is 4.98 Å². The molecule has 348 valence electrons. The molecule has 1 atom stereocenters. The van der Waals surface area contributed by atoms with E-state index in [2.05, 4.69) is 0 Å². The number of hydrogen-bond acceptors (Lipinski definition) is 3. The molecule has 0 spiro atoms. The van der Waals surface area contributed by atoms with Gasteiger partial charge in [0.15, 0.2) is 8.32 Å². The van der Waals surface area contributed by atoms with Crippen molar-refractivity contribution >= 4 is 19.2 Å². The third-order valence-corrected chi connectivity index (χ3v) is 17.4. The van der Waals surface area contributed by atoms with E-state index in [0.717, 1.165) is 10.9 Å². The number of nitrogens with zero attached hydrogens (tertiary/aromatic N) is 2. The summed E-state index contributed by atoms with van der Waals surface area (Å²) in [5, 5.41) is 0.778. The van der Waals surface area contributed by atoms with Crippen molar-refractivity contribution in [2.24, 2.45) is 0 Å². The van der Waals surface area contributed by atoms with Crippen LogP contribution in [0.15, 0.2) is 65.5 Å². The van der Waals surface area contributed by atoms with Gasteiger partial charge in [0, 0.05) is 29.4 Å². The fourth-order valence-corrected chi connectivity index (χ4v) is 12.5. The lowest BCUT2D eigenvalue weighted by atomic mass is 9.88. The highest BCUT2D eigenvalue weighted by Gasteiger charge is 2.95. The summed E-state index contributed by atoms with van der Waals surface area (Å²) in [6, 6.07) is 15.6. The van der Waals surface area contributed by atoms with E-state index in [-0.39, 0.29) is 24.1 Å². The second kappa shape index (κ2) is 16.0. The predicted molar refractivity (Wildman–Crippen MR) is 200 cm³/mol. The summed E-state index contributed by atoms with van der Waals surface area (Å²) in [5.74, 6) is -57.0. The number of pyridine rings is 2. The van der Waals surface area contributed by atoms with Crippen molar-refractivity contribution in [3.05, 3.63) is 98.8 Å². The monoisotopic (exact) mass is 942 g/mol. The van der Waals surface area contributed by atoms with Gasteiger partial charge >= 0.3 is 47.6 Å². The average Bonchev–Trinajstić information content (AvgIpc) is 3.52.